The van der Waals surface area contributed by atoms with Gasteiger partial charge in [-0.2, -0.15) is 4.39 Å². The van der Waals surface area contributed by atoms with E-state index in [9.17, 15) is 28.5 Å². The maximum atomic E-state index is 12.8. The van der Waals surface area contributed by atoms with Gasteiger partial charge < -0.3 is 10.6 Å². The fraction of sp³-hybridized carbons (Fsp3) is 0. The largest absolute Gasteiger partial charge is 0.692 e. The zero-order chi connectivity index (χ0) is 26.1. The number of hydrogen-bond donors (Lipinski definition) is 2. The smallest absolute Gasteiger partial charge is 0.304 e. The molecule has 36 heavy (non-hydrogen) atoms. The molecule has 0 aliphatic carbocycles. The minimum absolute atomic E-state index is 0.256. The summed E-state index contributed by atoms with van der Waals surface area (Å²) in [5.74, 6) is 3.63. The first kappa shape index (κ1) is 25.6. The van der Waals surface area contributed by atoms with Gasteiger partial charge in [0, 0.05) is 11.8 Å². The molecule has 5 aromatic rings. The van der Waals surface area contributed by atoms with E-state index in [1.165, 1.54) is 53.3 Å². The van der Waals surface area contributed by atoms with Crippen LogP contribution in [0.3, 0.4) is 0 Å². The molecule has 0 amide bonds. The van der Waals surface area contributed by atoms with E-state index in [1.807, 2.05) is 6.07 Å². The number of halogens is 3. The highest BCUT2D eigenvalue weighted by atomic mass is 19.1. The van der Waals surface area contributed by atoms with Crippen LogP contribution in [0.5, 0.6) is 0 Å². The molecular formula is C24H19F3N6O3. The van der Waals surface area contributed by atoms with E-state index in [4.69, 9.17) is 5.84 Å². The number of nitrogen functional groups attached to an aromatic ring is 1. The van der Waals surface area contributed by atoms with E-state index < -0.39 is 16.4 Å². The van der Waals surface area contributed by atoms with Crippen LogP contribution in [0.4, 0.5) is 24.5 Å². The van der Waals surface area contributed by atoms with Gasteiger partial charge in [-0.05, 0) is 71.5 Å². The Kier molecular flexibility index (Phi) is 8.51. The summed E-state index contributed by atoms with van der Waals surface area (Å²) in [6, 6.07) is 23.4. The van der Waals surface area contributed by atoms with Crippen molar-refractivity contribution in [3.8, 4) is 5.69 Å². The fourth-order valence-electron chi connectivity index (χ4n) is 2.84. The molecular weight excluding hydrogens is 477 g/mol. The predicted octanol–water partition coefficient (Wildman–Crippen LogP) is 4.64. The highest BCUT2D eigenvalue weighted by Crippen LogP contribution is 2.14. The molecule has 3 N–H and O–H groups in total. The second-order valence-electron chi connectivity index (χ2n) is 6.99. The molecule has 12 heteroatoms. The topological polar surface area (TPSA) is 126 Å². The van der Waals surface area contributed by atoms with Crippen molar-refractivity contribution < 1.29 is 22.9 Å². The summed E-state index contributed by atoms with van der Waals surface area (Å²) in [6.45, 7) is 0. The van der Waals surface area contributed by atoms with E-state index in [2.05, 4.69) is 10.5 Å². The Bertz CT molecular complexity index is 1440. The highest BCUT2D eigenvalue weighted by molar-refractivity contribution is 5.70. The van der Waals surface area contributed by atoms with Gasteiger partial charge in [-0.3, -0.25) is 16.0 Å². The van der Waals surface area contributed by atoms with Crippen LogP contribution in [-0.4, -0.2) is 14.8 Å². The first-order valence-corrected chi connectivity index (χ1v) is 10.2. The predicted molar refractivity (Wildman–Crippen MR) is 127 cm³/mol. The number of nitro benzene ring substituents is 1. The van der Waals surface area contributed by atoms with Crippen LogP contribution >= 0.6 is 0 Å². The van der Waals surface area contributed by atoms with Gasteiger partial charge in [-0.15, -0.1) is 4.85 Å². The van der Waals surface area contributed by atoms with Crippen molar-refractivity contribution in [1.29, 1.82) is 0 Å². The van der Waals surface area contributed by atoms with Crippen LogP contribution in [0.2, 0.25) is 0 Å². The molecule has 184 valence electrons. The van der Waals surface area contributed by atoms with Crippen molar-refractivity contribution in [1.82, 2.24) is 9.90 Å². The minimum Gasteiger partial charge on any atom is -0.692 e. The van der Waals surface area contributed by atoms with Crippen molar-refractivity contribution in [2.75, 3.05) is 5.43 Å². The van der Waals surface area contributed by atoms with Gasteiger partial charge in [-0.1, -0.05) is 24.3 Å². The molecule has 0 bridgehead atoms. The van der Waals surface area contributed by atoms with Crippen molar-refractivity contribution in [2.45, 2.75) is 0 Å². The molecule has 0 saturated heterocycles. The number of nitrogens with one attached hydrogen (secondary N) is 1. The third kappa shape index (κ3) is 6.55. The van der Waals surface area contributed by atoms with Crippen molar-refractivity contribution in [2.24, 2.45) is 5.84 Å². The van der Waals surface area contributed by atoms with E-state index in [0.717, 1.165) is 12.1 Å². The second kappa shape index (κ2) is 11.9. The minimum atomic E-state index is -0.799. The molecule has 0 saturated carbocycles. The van der Waals surface area contributed by atoms with Crippen LogP contribution in [0.25, 0.3) is 16.7 Å². The molecule has 9 nitrogen and oxygen atoms in total. The first-order chi connectivity index (χ1) is 17.3. The number of hydrazine groups is 1. The van der Waals surface area contributed by atoms with E-state index in [-0.39, 0.29) is 11.6 Å². The van der Waals surface area contributed by atoms with Gasteiger partial charge in [0.15, 0.2) is 0 Å². The number of para-hydroxylation sites is 2. The molecule has 0 fully saturated rings. The van der Waals surface area contributed by atoms with Gasteiger partial charge >= 0.3 is 5.69 Å². The number of nitro groups is 1. The van der Waals surface area contributed by atoms with E-state index in [1.54, 1.807) is 30.3 Å². The summed E-state index contributed by atoms with van der Waals surface area (Å²) in [7, 11) is 0. The fourth-order valence-corrected chi connectivity index (χ4v) is 2.84. The Morgan fingerprint density at radius 2 is 1.39 bits per heavy atom. The Morgan fingerprint density at radius 3 is 1.92 bits per heavy atom. The number of nitrogens with zero attached hydrogens (tertiary/aromatic N) is 4. The molecule has 5 rings (SSSR count). The molecule has 1 aromatic heterocycles. The molecule has 1 heterocycles. The lowest BCUT2D eigenvalue weighted by Gasteiger charge is -2.03. The molecule has 4 aromatic carbocycles. The Balaban J connectivity index is 0.000000163. The first-order valence-electron chi connectivity index (χ1n) is 10.2. The van der Waals surface area contributed by atoms with Crippen LogP contribution < -0.4 is 16.1 Å². The monoisotopic (exact) mass is 496 g/mol. The zero-order valence-corrected chi connectivity index (χ0v) is 18.5. The van der Waals surface area contributed by atoms with E-state index in [0.29, 0.717) is 27.3 Å². The summed E-state index contributed by atoms with van der Waals surface area (Å²) >= 11 is 0. The zero-order valence-electron chi connectivity index (χ0n) is 18.5. The van der Waals surface area contributed by atoms with Gasteiger partial charge in [0.05, 0.1) is 10.0 Å². The third-order valence-corrected chi connectivity index (χ3v) is 4.58. The van der Waals surface area contributed by atoms with Crippen LogP contribution in [0, 0.1) is 32.8 Å². The summed E-state index contributed by atoms with van der Waals surface area (Å²) in [5.41, 5.74) is 4.22. The maximum Gasteiger partial charge on any atom is 0.304 e. The number of hydrogen-bond acceptors (Lipinski definition) is 6. The number of anilines is 1. The van der Waals surface area contributed by atoms with E-state index >= 15 is 0 Å². The normalized spacial score (nSPS) is 10.0. The lowest BCUT2D eigenvalue weighted by molar-refractivity contribution is -0.664. The average molecular weight is 496 g/mol. The quantitative estimate of drug-likeness (QED) is 0.123. The van der Waals surface area contributed by atoms with Crippen molar-refractivity contribution in [3.05, 3.63) is 130 Å². The number of fused-ring (bicyclic) bond motifs is 1. The molecule has 0 unspecified atom stereocenters. The van der Waals surface area contributed by atoms with Crippen molar-refractivity contribution in [3.63, 3.8) is 0 Å². The average Bonchev–Trinajstić information content (AvgIpc) is 3.22. The Labute approximate surface area is 202 Å². The standard InChI is InChI=1S/C12H8FN3O.C6H7FN2.C6H4FNO2/c13-9-5-7-10(8-6-9)15-14-11-3-1-2-4-12(11)16(15)17;7-5-1-3-6(9-8)4-2-5;7-5-3-1-2-4-6(5)8(9)10/h1-8H;1-4,9H,8H2;1-4H. The Morgan fingerprint density at radius 1 is 0.833 bits per heavy atom. The van der Waals surface area contributed by atoms with Gasteiger partial charge in [0.1, 0.15) is 17.3 Å². The van der Waals surface area contributed by atoms with Crippen LogP contribution in [0.15, 0.2) is 97.1 Å². The van der Waals surface area contributed by atoms with Gasteiger partial charge in [0.2, 0.25) is 16.9 Å². The molecule has 0 atom stereocenters. The van der Waals surface area contributed by atoms with Gasteiger partial charge in [-0.25, -0.2) is 8.78 Å². The summed E-state index contributed by atoms with van der Waals surface area (Å²) < 4.78 is 37.3. The summed E-state index contributed by atoms with van der Waals surface area (Å²) in [5, 5.41) is 26.1. The molecule has 0 aliphatic heterocycles. The van der Waals surface area contributed by atoms with Gasteiger partial charge in [0.25, 0.3) is 0 Å². The summed E-state index contributed by atoms with van der Waals surface area (Å²) in [4.78, 5) is 11.1. The number of benzene rings is 4. The Hall–Kier alpha value is -4.97. The van der Waals surface area contributed by atoms with Crippen LogP contribution in [-0.2, 0) is 0 Å². The number of aromatic nitrogens is 3. The lowest BCUT2D eigenvalue weighted by Crippen LogP contribution is -2.37. The van der Waals surface area contributed by atoms with Crippen LogP contribution in [0.1, 0.15) is 0 Å². The SMILES string of the molecule is NNc1ccc(F)cc1.O=[N+]([O-])c1ccccc1F.[O-][n+]1c2ccccc2nn1-c1ccc(F)cc1. The molecule has 0 spiro atoms. The molecule has 0 aliphatic rings. The maximum absolute atomic E-state index is 12.8. The van der Waals surface area contributed by atoms with Crippen molar-refractivity contribution >= 4 is 22.4 Å². The second-order valence-corrected chi connectivity index (χ2v) is 6.99. The number of rotatable bonds is 3. The molecule has 0 radical (unpaired) electrons. The third-order valence-electron chi connectivity index (χ3n) is 4.58. The number of nitrogens with two attached hydrogens (primary N) is 1. The summed E-state index contributed by atoms with van der Waals surface area (Å²) in [6.07, 6.45) is 0. The highest BCUT2D eigenvalue weighted by Gasteiger charge is 2.14. The lowest BCUT2D eigenvalue weighted by atomic mass is 10.3.